The zero-order chi connectivity index (χ0) is 14.4. The lowest BCUT2D eigenvalue weighted by atomic mass is 9.91. The monoisotopic (exact) mass is 269 g/mol. The molecule has 0 aromatic rings. The van der Waals surface area contributed by atoms with Gasteiger partial charge in [-0.2, -0.15) is 0 Å². The summed E-state index contributed by atoms with van der Waals surface area (Å²) in [7, 11) is 0. The van der Waals surface area contributed by atoms with Gasteiger partial charge in [0.05, 0.1) is 5.92 Å². The van der Waals surface area contributed by atoms with Crippen LogP contribution in [0.25, 0.3) is 0 Å². The van der Waals surface area contributed by atoms with E-state index in [1.807, 2.05) is 6.92 Å². The van der Waals surface area contributed by atoms with E-state index >= 15 is 0 Å². The fraction of sp³-hybridized carbons (Fsp3) is 0.867. The predicted molar refractivity (Wildman–Crippen MR) is 74.8 cm³/mol. The molecular formula is C15H27NO3. The molecule has 0 aromatic carbocycles. The van der Waals surface area contributed by atoms with Crippen LogP contribution in [0.4, 0.5) is 0 Å². The van der Waals surface area contributed by atoms with Gasteiger partial charge in [-0.15, -0.1) is 0 Å². The summed E-state index contributed by atoms with van der Waals surface area (Å²) in [4.78, 5) is 23.0. The Morgan fingerprint density at radius 3 is 2.00 bits per heavy atom. The molecular weight excluding hydrogens is 242 g/mol. The van der Waals surface area contributed by atoms with Crippen molar-refractivity contribution in [3.05, 3.63) is 0 Å². The summed E-state index contributed by atoms with van der Waals surface area (Å²) in [5.41, 5.74) is 0. The van der Waals surface area contributed by atoms with Gasteiger partial charge >= 0.3 is 5.97 Å². The second-order valence-electron chi connectivity index (χ2n) is 5.96. The molecule has 0 bridgehead atoms. The van der Waals surface area contributed by atoms with Crippen molar-refractivity contribution in [1.82, 2.24) is 5.32 Å². The number of rotatable bonds is 5. The van der Waals surface area contributed by atoms with Crippen molar-refractivity contribution in [3.63, 3.8) is 0 Å². The van der Waals surface area contributed by atoms with Gasteiger partial charge < -0.3 is 10.4 Å². The minimum absolute atomic E-state index is 0.133. The zero-order valence-corrected chi connectivity index (χ0v) is 12.3. The summed E-state index contributed by atoms with van der Waals surface area (Å²) in [5.74, 6) is -1.62. The lowest BCUT2D eigenvalue weighted by Crippen LogP contribution is -2.43. The van der Waals surface area contributed by atoms with Gasteiger partial charge in [0.2, 0.25) is 5.91 Å². The van der Waals surface area contributed by atoms with E-state index in [4.69, 9.17) is 5.11 Å². The SMILES string of the molecule is CC(C(=O)O)C(C)C(=O)N[C@H](C)C1CCCCCC1. The normalized spacial score (nSPS) is 22.1. The summed E-state index contributed by atoms with van der Waals surface area (Å²) < 4.78 is 0. The molecule has 0 radical (unpaired) electrons. The van der Waals surface area contributed by atoms with E-state index in [2.05, 4.69) is 5.32 Å². The Labute approximate surface area is 116 Å². The third kappa shape index (κ3) is 4.84. The van der Waals surface area contributed by atoms with Crippen LogP contribution in [0.5, 0.6) is 0 Å². The molecule has 2 unspecified atom stereocenters. The van der Waals surface area contributed by atoms with Gasteiger partial charge in [0.25, 0.3) is 0 Å². The van der Waals surface area contributed by atoms with Gasteiger partial charge in [-0.1, -0.05) is 39.5 Å². The van der Waals surface area contributed by atoms with E-state index in [1.54, 1.807) is 13.8 Å². The Kier molecular flexibility index (Phi) is 6.32. The van der Waals surface area contributed by atoms with Crippen LogP contribution in [-0.4, -0.2) is 23.0 Å². The van der Waals surface area contributed by atoms with Crippen LogP contribution in [0.3, 0.4) is 0 Å². The van der Waals surface area contributed by atoms with Crippen LogP contribution in [0, 0.1) is 17.8 Å². The Morgan fingerprint density at radius 1 is 1.00 bits per heavy atom. The predicted octanol–water partition coefficient (Wildman–Crippen LogP) is 2.82. The number of carboxylic acids is 1. The van der Waals surface area contributed by atoms with Gasteiger partial charge in [-0.3, -0.25) is 9.59 Å². The lowest BCUT2D eigenvalue weighted by molar-refractivity contribution is -0.146. The van der Waals surface area contributed by atoms with Crippen molar-refractivity contribution >= 4 is 11.9 Å². The second-order valence-corrected chi connectivity index (χ2v) is 5.96. The molecule has 1 saturated carbocycles. The van der Waals surface area contributed by atoms with E-state index in [0.29, 0.717) is 5.92 Å². The second kappa shape index (κ2) is 7.51. The fourth-order valence-corrected chi connectivity index (χ4v) is 2.73. The zero-order valence-electron chi connectivity index (χ0n) is 12.3. The Morgan fingerprint density at radius 2 is 1.53 bits per heavy atom. The number of carbonyl (C=O) groups is 2. The van der Waals surface area contributed by atoms with E-state index in [1.165, 1.54) is 38.5 Å². The molecule has 4 nitrogen and oxygen atoms in total. The standard InChI is InChI=1S/C15H27NO3/c1-10(11(2)15(18)19)14(17)16-12(3)13-8-6-4-5-7-9-13/h10-13H,4-9H2,1-3H3,(H,16,17)(H,18,19)/t10?,11?,12-/m1/s1. The van der Waals surface area contributed by atoms with Crippen LogP contribution in [0.1, 0.15) is 59.3 Å². The summed E-state index contributed by atoms with van der Waals surface area (Å²) in [6.07, 6.45) is 7.42. The summed E-state index contributed by atoms with van der Waals surface area (Å²) in [5, 5.41) is 12.0. The Bertz CT molecular complexity index is 309. The smallest absolute Gasteiger partial charge is 0.307 e. The van der Waals surface area contributed by atoms with Crippen LogP contribution in [0.2, 0.25) is 0 Å². The number of amides is 1. The highest BCUT2D eigenvalue weighted by Gasteiger charge is 2.28. The van der Waals surface area contributed by atoms with Crippen molar-refractivity contribution in [2.45, 2.75) is 65.3 Å². The number of carboxylic acid groups (broad SMARTS) is 1. The highest BCUT2D eigenvalue weighted by Crippen LogP contribution is 2.25. The molecule has 3 atom stereocenters. The van der Waals surface area contributed by atoms with Crippen LogP contribution >= 0.6 is 0 Å². The molecule has 1 aliphatic rings. The largest absolute Gasteiger partial charge is 0.481 e. The first kappa shape index (κ1) is 16.0. The van der Waals surface area contributed by atoms with Gasteiger partial charge in [0.15, 0.2) is 0 Å². The molecule has 1 aliphatic carbocycles. The number of carbonyl (C=O) groups excluding carboxylic acids is 1. The van der Waals surface area contributed by atoms with Crippen molar-refractivity contribution < 1.29 is 14.7 Å². The topological polar surface area (TPSA) is 66.4 Å². The molecule has 4 heteroatoms. The van der Waals surface area contributed by atoms with Crippen molar-refractivity contribution in [1.29, 1.82) is 0 Å². The third-order valence-electron chi connectivity index (χ3n) is 4.53. The molecule has 1 amide bonds. The molecule has 1 rings (SSSR count). The maximum Gasteiger partial charge on any atom is 0.307 e. The maximum atomic E-state index is 12.1. The molecule has 0 spiro atoms. The minimum atomic E-state index is -0.912. The average Bonchev–Trinajstić information content (AvgIpc) is 2.65. The highest BCUT2D eigenvalue weighted by atomic mass is 16.4. The third-order valence-corrected chi connectivity index (χ3v) is 4.53. The van der Waals surface area contributed by atoms with Crippen molar-refractivity contribution in [2.24, 2.45) is 17.8 Å². The summed E-state index contributed by atoms with van der Waals surface area (Å²) in [6, 6.07) is 0.147. The summed E-state index contributed by atoms with van der Waals surface area (Å²) in [6.45, 7) is 5.32. The quantitative estimate of drug-likeness (QED) is 0.754. The minimum Gasteiger partial charge on any atom is -0.481 e. The van der Waals surface area contributed by atoms with Gasteiger partial charge in [-0.25, -0.2) is 0 Å². The Hall–Kier alpha value is -1.06. The fourth-order valence-electron chi connectivity index (χ4n) is 2.73. The van der Waals surface area contributed by atoms with Gasteiger partial charge in [-0.05, 0) is 25.7 Å². The van der Waals surface area contributed by atoms with Crippen LogP contribution < -0.4 is 5.32 Å². The van der Waals surface area contributed by atoms with E-state index in [9.17, 15) is 9.59 Å². The van der Waals surface area contributed by atoms with Gasteiger partial charge in [0, 0.05) is 12.0 Å². The number of hydrogen-bond donors (Lipinski definition) is 2. The number of aliphatic carboxylic acids is 1. The average molecular weight is 269 g/mol. The van der Waals surface area contributed by atoms with Crippen LogP contribution in [-0.2, 0) is 9.59 Å². The van der Waals surface area contributed by atoms with E-state index < -0.39 is 17.8 Å². The molecule has 19 heavy (non-hydrogen) atoms. The Balaban J connectivity index is 2.48. The van der Waals surface area contributed by atoms with E-state index in [-0.39, 0.29) is 11.9 Å². The van der Waals surface area contributed by atoms with Crippen molar-refractivity contribution in [2.75, 3.05) is 0 Å². The lowest BCUT2D eigenvalue weighted by Gasteiger charge is -2.26. The summed E-state index contributed by atoms with van der Waals surface area (Å²) >= 11 is 0. The van der Waals surface area contributed by atoms with Gasteiger partial charge in [0.1, 0.15) is 0 Å². The molecule has 0 aromatic heterocycles. The van der Waals surface area contributed by atoms with Crippen molar-refractivity contribution in [3.8, 4) is 0 Å². The van der Waals surface area contributed by atoms with Crippen LogP contribution in [0.15, 0.2) is 0 Å². The molecule has 1 fully saturated rings. The first-order chi connectivity index (χ1) is 8.93. The highest BCUT2D eigenvalue weighted by molar-refractivity contribution is 5.84. The first-order valence-corrected chi connectivity index (χ1v) is 7.46. The maximum absolute atomic E-state index is 12.1. The molecule has 110 valence electrons. The molecule has 0 saturated heterocycles. The first-order valence-electron chi connectivity index (χ1n) is 7.46. The van der Waals surface area contributed by atoms with E-state index in [0.717, 1.165) is 0 Å². The molecule has 2 N–H and O–H groups in total. The molecule has 0 heterocycles. The molecule has 0 aliphatic heterocycles. The number of hydrogen-bond acceptors (Lipinski definition) is 2. The number of nitrogens with one attached hydrogen (secondary N) is 1.